The number of halogens is 4. The van der Waals surface area contributed by atoms with E-state index in [1.54, 1.807) is 24.3 Å². The maximum Gasteiger partial charge on any atom is 0.417 e. The van der Waals surface area contributed by atoms with Crippen LogP contribution in [-0.4, -0.2) is 30.0 Å². The third-order valence-corrected chi connectivity index (χ3v) is 4.24. The Kier molecular flexibility index (Phi) is 4.85. The van der Waals surface area contributed by atoms with Crippen molar-refractivity contribution in [2.75, 3.05) is 18.0 Å². The molecule has 0 saturated carbocycles. The third-order valence-electron chi connectivity index (χ3n) is 4.01. The Morgan fingerprint density at radius 3 is 2.72 bits per heavy atom. The molecular formula is C17H15ClF3N3O. The molecule has 0 aliphatic carbocycles. The van der Waals surface area contributed by atoms with Crippen LogP contribution >= 0.6 is 11.6 Å². The number of pyridine rings is 1. The van der Waals surface area contributed by atoms with E-state index in [1.807, 2.05) is 4.90 Å². The molecule has 1 atom stereocenters. The number of alkyl halides is 3. The van der Waals surface area contributed by atoms with Crippen LogP contribution in [0.15, 0.2) is 42.6 Å². The molecule has 132 valence electrons. The Labute approximate surface area is 147 Å². The normalized spacial score (nSPS) is 17.6. The van der Waals surface area contributed by atoms with Crippen molar-refractivity contribution in [2.24, 2.45) is 0 Å². The van der Waals surface area contributed by atoms with Crippen molar-refractivity contribution >= 4 is 23.3 Å². The minimum absolute atomic E-state index is 0.101. The number of carbonyl (C=O) groups excluding carboxylic acids is 1. The van der Waals surface area contributed by atoms with Crippen LogP contribution < -0.4 is 10.2 Å². The predicted octanol–water partition coefficient (Wildman–Crippen LogP) is 3.76. The maximum absolute atomic E-state index is 12.6. The van der Waals surface area contributed by atoms with Gasteiger partial charge in [0.2, 0.25) is 0 Å². The lowest BCUT2D eigenvalue weighted by atomic mass is 10.2. The first-order valence-corrected chi connectivity index (χ1v) is 8.05. The van der Waals surface area contributed by atoms with Crippen molar-refractivity contribution in [3.8, 4) is 0 Å². The third kappa shape index (κ3) is 4.22. The molecule has 1 saturated heterocycles. The molecule has 1 aliphatic rings. The highest BCUT2D eigenvalue weighted by Crippen LogP contribution is 2.29. The van der Waals surface area contributed by atoms with Gasteiger partial charge in [0.25, 0.3) is 5.91 Å². The molecule has 1 aliphatic heterocycles. The van der Waals surface area contributed by atoms with Gasteiger partial charge >= 0.3 is 6.18 Å². The molecule has 0 spiro atoms. The van der Waals surface area contributed by atoms with Crippen LogP contribution in [0.25, 0.3) is 0 Å². The standard InChI is InChI=1S/C17H15ClF3N3O/c18-13-3-1-2-11(8-13)16(25)23-14-6-7-24(10-14)15-5-4-12(9-22-15)17(19,20)21/h1-5,8-9,14H,6-7,10H2,(H,23,25). The lowest BCUT2D eigenvalue weighted by molar-refractivity contribution is -0.137. The average molecular weight is 370 g/mol. The molecule has 1 unspecified atom stereocenters. The van der Waals surface area contributed by atoms with E-state index < -0.39 is 11.7 Å². The minimum Gasteiger partial charge on any atom is -0.354 e. The fourth-order valence-corrected chi connectivity index (χ4v) is 2.92. The van der Waals surface area contributed by atoms with E-state index in [1.165, 1.54) is 6.07 Å². The van der Waals surface area contributed by atoms with Crippen molar-refractivity contribution < 1.29 is 18.0 Å². The number of hydrogen-bond donors (Lipinski definition) is 1. The summed E-state index contributed by atoms with van der Waals surface area (Å²) in [5.74, 6) is 0.238. The summed E-state index contributed by atoms with van der Waals surface area (Å²) in [5, 5.41) is 3.39. The first kappa shape index (κ1) is 17.5. The number of aromatic nitrogens is 1. The van der Waals surface area contributed by atoms with Gasteiger partial charge in [0.15, 0.2) is 0 Å². The number of anilines is 1. The molecule has 4 nitrogen and oxygen atoms in total. The maximum atomic E-state index is 12.6. The lowest BCUT2D eigenvalue weighted by Gasteiger charge is -2.18. The van der Waals surface area contributed by atoms with Crippen LogP contribution in [0.5, 0.6) is 0 Å². The van der Waals surface area contributed by atoms with Crippen molar-refractivity contribution in [2.45, 2.75) is 18.6 Å². The summed E-state index contributed by atoms with van der Waals surface area (Å²) in [4.78, 5) is 18.0. The van der Waals surface area contributed by atoms with Crippen LogP contribution in [0, 0.1) is 0 Å². The highest BCUT2D eigenvalue weighted by atomic mass is 35.5. The summed E-state index contributed by atoms with van der Waals surface area (Å²) in [5.41, 5.74) is -0.306. The highest BCUT2D eigenvalue weighted by molar-refractivity contribution is 6.30. The molecule has 2 aromatic rings. The van der Waals surface area contributed by atoms with Gasteiger partial charge in [0.1, 0.15) is 5.82 Å². The molecule has 1 aromatic carbocycles. The molecule has 2 heterocycles. The topological polar surface area (TPSA) is 45.2 Å². The summed E-state index contributed by atoms with van der Waals surface area (Å²) in [6.07, 6.45) is -2.88. The number of nitrogens with one attached hydrogen (secondary N) is 1. The van der Waals surface area contributed by atoms with E-state index in [-0.39, 0.29) is 11.9 Å². The van der Waals surface area contributed by atoms with E-state index in [9.17, 15) is 18.0 Å². The average Bonchev–Trinajstić information content (AvgIpc) is 3.02. The zero-order valence-electron chi connectivity index (χ0n) is 13.1. The van der Waals surface area contributed by atoms with Gasteiger partial charge in [-0.2, -0.15) is 13.2 Å². The molecule has 8 heteroatoms. The van der Waals surface area contributed by atoms with E-state index in [0.29, 0.717) is 35.9 Å². The molecule has 1 aromatic heterocycles. The van der Waals surface area contributed by atoms with E-state index in [4.69, 9.17) is 11.6 Å². The SMILES string of the molecule is O=C(NC1CCN(c2ccc(C(F)(F)F)cn2)C1)c1cccc(Cl)c1. The van der Waals surface area contributed by atoms with Crippen molar-refractivity contribution in [1.82, 2.24) is 10.3 Å². The summed E-state index contributed by atoms with van der Waals surface area (Å²) < 4.78 is 37.7. The molecule has 3 rings (SSSR count). The van der Waals surface area contributed by atoms with Crippen molar-refractivity contribution in [3.63, 3.8) is 0 Å². The number of nitrogens with zero attached hydrogens (tertiary/aromatic N) is 2. The van der Waals surface area contributed by atoms with Gasteiger partial charge in [-0.3, -0.25) is 4.79 Å². The molecular weight excluding hydrogens is 355 g/mol. The molecule has 1 amide bonds. The smallest absolute Gasteiger partial charge is 0.354 e. The Hall–Kier alpha value is -2.28. The number of rotatable bonds is 3. The number of benzene rings is 1. The van der Waals surface area contributed by atoms with Gasteiger partial charge in [0.05, 0.1) is 5.56 Å². The first-order valence-electron chi connectivity index (χ1n) is 7.67. The van der Waals surface area contributed by atoms with Gasteiger partial charge in [0, 0.05) is 35.9 Å². The second-order valence-electron chi connectivity index (χ2n) is 5.82. The molecule has 1 N–H and O–H groups in total. The van der Waals surface area contributed by atoms with E-state index in [0.717, 1.165) is 12.3 Å². The molecule has 0 radical (unpaired) electrons. The largest absolute Gasteiger partial charge is 0.417 e. The zero-order valence-corrected chi connectivity index (χ0v) is 13.8. The quantitative estimate of drug-likeness (QED) is 0.896. The van der Waals surface area contributed by atoms with Gasteiger partial charge in [-0.1, -0.05) is 17.7 Å². The molecule has 0 bridgehead atoms. The number of carbonyl (C=O) groups is 1. The van der Waals surface area contributed by atoms with Crippen LogP contribution in [0.1, 0.15) is 22.3 Å². The van der Waals surface area contributed by atoms with Crippen LogP contribution in [0.4, 0.5) is 19.0 Å². The number of amides is 1. The Balaban J connectivity index is 1.61. The molecule has 25 heavy (non-hydrogen) atoms. The second-order valence-corrected chi connectivity index (χ2v) is 6.25. The minimum atomic E-state index is -4.40. The van der Waals surface area contributed by atoms with Gasteiger partial charge in [-0.05, 0) is 36.8 Å². The summed E-state index contributed by atoms with van der Waals surface area (Å²) in [7, 11) is 0. The fourth-order valence-electron chi connectivity index (χ4n) is 2.73. The first-order chi connectivity index (χ1) is 11.8. The highest BCUT2D eigenvalue weighted by Gasteiger charge is 2.31. The van der Waals surface area contributed by atoms with Gasteiger partial charge in [-0.25, -0.2) is 4.98 Å². The predicted molar refractivity (Wildman–Crippen MR) is 88.8 cm³/mol. The monoisotopic (exact) mass is 369 g/mol. The fraction of sp³-hybridized carbons (Fsp3) is 0.294. The molecule has 1 fully saturated rings. The number of hydrogen-bond acceptors (Lipinski definition) is 3. The summed E-state index contributed by atoms with van der Waals surface area (Å²) in [6.45, 7) is 1.10. The van der Waals surface area contributed by atoms with Crippen LogP contribution in [0.3, 0.4) is 0 Å². The Morgan fingerprint density at radius 2 is 2.08 bits per heavy atom. The van der Waals surface area contributed by atoms with Gasteiger partial charge in [-0.15, -0.1) is 0 Å². The van der Waals surface area contributed by atoms with Crippen molar-refractivity contribution in [1.29, 1.82) is 0 Å². The van der Waals surface area contributed by atoms with E-state index >= 15 is 0 Å². The second kappa shape index (κ2) is 6.92. The summed E-state index contributed by atoms with van der Waals surface area (Å²) in [6, 6.07) is 8.91. The van der Waals surface area contributed by atoms with Crippen LogP contribution in [0.2, 0.25) is 5.02 Å². The lowest BCUT2D eigenvalue weighted by Crippen LogP contribution is -2.37. The van der Waals surface area contributed by atoms with Gasteiger partial charge < -0.3 is 10.2 Å². The van der Waals surface area contributed by atoms with E-state index in [2.05, 4.69) is 10.3 Å². The van der Waals surface area contributed by atoms with Crippen LogP contribution in [-0.2, 0) is 6.18 Å². The zero-order chi connectivity index (χ0) is 18.0. The van der Waals surface area contributed by atoms with Crippen molar-refractivity contribution in [3.05, 3.63) is 58.7 Å². The Bertz CT molecular complexity index is 764. The summed E-state index contributed by atoms with van der Waals surface area (Å²) >= 11 is 5.88. The Morgan fingerprint density at radius 1 is 1.28 bits per heavy atom.